The van der Waals surface area contributed by atoms with Crippen LogP contribution in [-0.2, 0) is 0 Å². The lowest BCUT2D eigenvalue weighted by Gasteiger charge is -2.03. The zero-order valence-corrected chi connectivity index (χ0v) is 8.94. The van der Waals surface area contributed by atoms with Gasteiger partial charge >= 0.3 is 5.69 Å². The van der Waals surface area contributed by atoms with E-state index in [-0.39, 0.29) is 11.4 Å². The van der Waals surface area contributed by atoms with Gasteiger partial charge < -0.3 is 10.5 Å². The van der Waals surface area contributed by atoms with Crippen LogP contribution in [0, 0.1) is 13.7 Å². The Morgan fingerprint density at radius 3 is 2.69 bits per heavy atom. The van der Waals surface area contributed by atoms with E-state index in [1.54, 1.807) is 0 Å². The molecule has 70 valence electrons. The largest absolute Gasteiger partial charge is 0.490 e. The van der Waals surface area contributed by atoms with Gasteiger partial charge in [-0.2, -0.15) is 0 Å². The molecule has 1 rings (SSSR count). The molecule has 0 amide bonds. The summed E-state index contributed by atoms with van der Waals surface area (Å²) in [5, 5.41) is 10.5. The average molecular weight is 294 g/mol. The Hall–Kier alpha value is -1.05. The van der Waals surface area contributed by atoms with E-state index in [4.69, 9.17) is 10.5 Å². The summed E-state index contributed by atoms with van der Waals surface area (Å²) in [6.45, 7) is 0. The topological polar surface area (TPSA) is 78.4 Å². The lowest BCUT2D eigenvalue weighted by molar-refractivity contribution is -0.385. The van der Waals surface area contributed by atoms with E-state index in [0.717, 1.165) is 0 Å². The minimum Gasteiger partial charge on any atom is -0.490 e. The standard InChI is InChI=1S/C7H7IN2O3/c1-13-7-3-5(9)4(8)2-6(7)10(11)12/h2-3H,9H2,1H3. The lowest BCUT2D eigenvalue weighted by Crippen LogP contribution is -1.97. The van der Waals surface area contributed by atoms with Crippen molar-refractivity contribution in [1.82, 2.24) is 0 Å². The number of rotatable bonds is 2. The molecular weight excluding hydrogens is 287 g/mol. The van der Waals surface area contributed by atoms with Gasteiger partial charge in [-0.05, 0) is 22.6 Å². The van der Waals surface area contributed by atoms with Crippen molar-refractivity contribution >= 4 is 34.0 Å². The van der Waals surface area contributed by atoms with Crippen LogP contribution in [0.4, 0.5) is 11.4 Å². The van der Waals surface area contributed by atoms with E-state index in [1.807, 2.05) is 22.6 Å². The highest BCUT2D eigenvalue weighted by Gasteiger charge is 2.16. The molecule has 0 unspecified atom stereocenters. The van der Waals surface area contributed by atoms with Crippen LogP contribution in [0.5, 0.6) is 5.75 Å². The van der Waals surface area contributed by atoms with Crippen LogP contribution in [0.2, 0.25) is 0 Å². The van der Waals surface area contributed by atoms with Crippen LogP contribution in [0.3, 0.4) is 0 Å². The first kappa shape index (κ1) is 10.0. The summed E-state index contributed by atoms with van der Waals surface area (Å²) in [7, 11) is 1.37. The molecule has 1 aromatic rings. The molecule has 0 bridgehead atoms. The van der Waals surface area contributed by atoms with E-state index in [2.05, 4.69) is 0 Å². The predicted molar refractivity (Wildman–Crippen MR) is 56.8 cm³/mol. The van der Waals surface area contributed by atoms with Crippen LogP contribution < -0.4 is 10.5 Å². The summed E-state index contributed by atoms with van der Waals surface area (Å²) in [6, 6.07) is 2.83. The fourth-order valence-corrected chi connectivity index (χ4v) is 1.32. The number of hydrogen-bond donors (Lipinski definition) is 1. The number of benzene rings is 1. The Labute approximate surface area is 88.2 Å². The van der Waals surface area contributed by atoms with Crippen molar-refractivity contribution < 1.29 is 9.66 Å². The highest BCUT2D eigenvalue weighted by molar-refractivity contribution is 14.1. The number of methoxy groups -OCH3 is 1. The molecule has 0 fully saturated rings. The summed E-state index contributed by atoms with van der Waals surface area (Å²) in [5.74, 6) is 0.183. The Bertz CT molecular complexity index is 354. The van der Waals surface area contributed by atoms with Crippen LogP contribution in [0.25, 0.3) is 0 Å². The zero-order chi connectivity index (χ0) is 10.0. The number of nitro groups is 1. The second-order valence-corrected chi connectivity index (χ2v) is 3.46. The monoisotopic (exact) mass is 294 g/mol. The molecule has 0 radical (unpaired) electrons. The molecule has 0 saturated heterocycles. The molecule has 0 aliphatic rings. The summed E-state index contributed by atoms with van der Waals surface area (Å²) in [6.07, 6.45) is 0. The molecule has 0 heterocycles. The SMILES string of the molecule is COc1cc(N)c(I)cc1[N+](=O)[O-]. The van der Waals surface area contributed by atoms with Gasteiger partial charge in [0.2, 0.25) is 0 Å². The number of nitrogens with two attached hydrogens (primary N) is 1. The zero-order valence-electron chi connectivity index (χ0n) is 6.78. The first-order valence-corrected chi connectivity index (χ1v) is 4.41. The lowest BCUT2D eigenvalue weighted by atomic mass is 10.2. The molecule has 0 atom stereocenters. The van der Waals surface area contributed by atoms with E-state index < -0.39 is 4.92 Å². The Morgan fingerprint density at radius 1 is 1.62 bits per heavy atom. The van der Waals surface area contributed by atoms with Crippen molar-refractivity contribution in [3.05, 3.63) is 25.8 Å². The van der Waals surface area contributed by atoms with E-state index in [0.29, 0.717) is 9.26 Å². The van der Waals surface area contributed by atoms with Crippen LogP contribution >= 0.6 is 22.6 Å². The first-order valence-electron chi connectivity index (χ1n) is 3.33. The van der Waals surface area contributed by atoms with Gasteiger partial charge in [-0.15, -0.1) is 0 Å². The predicted octanol–water partition coefficient (Wildman–Crippen LogP) is 1.79. The highest BCUT2D eigenvalue weighted by atomic mass is 127. The molecule has 0 aliphatic heterocycles. The van der Waals surface area contributed by atoms with Crippen molar-refractivity contribution in [2.75, 3.05) is 12.8 Å². The number of ether oxygens (including phenoxy) is 1. The second-order valence-electron chi connectivity index (χ2n) is 2.30. The fraction of sp³-hybridized carbons (Fsp3) is 0.143. The third-order valence-corrected chi connectivity index (χ3v) is 2.43. The minimum absolute atomic E-state index is 0.0684. The van der Waals surface area contributed by atoms with Crippen LogP contribution in [0.15, 0.2) is 12.1 Å². The first-order chi connectivity index (χ1) is 6.06. The van der Waals surface area contributed by atoms with Crippen LogP contribution in [-0.4, -0.2) is 12.0 Å². The van der Waals surface area contributed by atoms with E-state index >= 15 is 0 Å². The van der Waals surface area contributed by atoms with Gasteiger partial charge in [0.25, 0.3) is 0 Å². The average Bonchev–Trinajstić information content (AvgIpc) is 2.08. The number of anilines is 1. The van der Waals surface area contributed by atoms with E-state index in [9.17, 15) is 10.1 Å². The van der Waals surface area contributed by atoms with Crippen molar-refractivity contribution in [3.8, 4) is 5.75 Å². The molecular formula is C7H7IN2O3. The summed E-state index contributed by atoms with van der Waals surface area (Å²) in [4.78, 5) is 10.0. The Balaban J connectivity index is 3.33. The van der Waals surface area contributed by atoms with Gasteiger partial charge in [-0.25, -0.2) is 0 Å². The third kappa shape index (κ3) is 2.00. The number of halogens is 1. The molecule has 6 heteroatoms. The number of nitrogens with zero attached hydrogens (tertiary/aromatic N) is 1. The van der Waals surface area contributed by atoms with Gasteiger partial charge in [0.05, 0.1) is 12.0 Å². The normalized spacial score (nSPS) is 9.69. The molecule has 2 N–H and O–H groups in total. The van der Waals surface area contributed by atoms with Gasteiger partial charge in [-0.3, -0.25) is 10.1 Å². The third-order valence-electron chi connectivity index (χ3n) is 1.49. The number of hydrogen-bond acceptors (Lipinski definition) is 4. The van der Waals surface area contributed by atoms with Crippen LogP contribution in [0.1, 0.15) is 0 Å². The Morgan fingerprint density at radius 2 is 2.23 bits per heavy atom. The minimum atomic E-state index is -0.500. The number of nitro benzene ring substituents is 1. The van der Waals surface area contributed by atoms with Crippen molar-refractivity contribution in [3.63, 3.8) is 0 Å². The maximum atomic E-state index is 10.5. The number of nitrogen functional groups attached to an aromatic ring is 1. The molecule has 0 spiro atoms. The maximum absolute atomic E-state index is 10.5. The molecule has 5 nitrogen and oxygen atoms in total. The van der Waals surface area contributed by atoms with Gasteiger partial charge in [-0.1, -0.05) is 0 Å². The Kier molecular flexibility index (Phi) is 2.91. The quantitative estimate of drug-likeness (QED) is 0.390. The van der Waals surface area contributed by atoms with E-state index in [1.165, 1.54) is 19.2 Å². The molecule has 13 heavy (non-hydrogen) atoms. The van der Waals surface area contributed by atoms with Gasteiger partial charge in [0.15, 0.2) is 5.75 Å². The molecule has 0 aromatic heterocycles. The van der Waals surface area contributed by atoms with Crippen molar-refractivity contribution in [2.45, 2.75) is 0 Å². The summed E-state index contributed by atoms with van der Waals surface area (Å²) >= 11 is 1.93. The summed E-state index contributed by atoms with van der Waals surface area (Å²) < 4.78 is 5.46. The molecule has 0 saturated carbocycles. The van der Waals surface area contributed by atoms with Gasteiger partial charge in [0.1, 0.15) is 0 Å². The summed E-state index contributed by atoms with van der Waals surface area (Å²) in [5.41, 5.74) is 5.96. The highest BCUT2D eigenvalue weighted by Crippen LogP contribution is 2.32. The smallest absolute Gasteiger partial charge is 0.312 e. The van der Waals surface area contributed by atoms with Gasteiger partial charge in [0, 0.05) is 21.4 Å². The second kappa shape index (κ2) is 3.77. The molecule has 1 aromatic carbocycles. The fourth-order valence-electron chi connectivity index (χ4n) is 0.865. The van der Waals surface area contributed by atoms with Crippen molar-refractivity contribution in [1.29, 1.82) is 0 Å². The molecule has 0 aliphatic carbocycles. The van der Waals surface area contributed by atoms with Crippen molar-refractivity contribution in [2.24, 2.45) is 0 Å². The maximum Gasteiger partial charge on any atom is 0.312 e.